The van der Waals surface area contributed by atoms with Gasteiger partial charge >= 0.3 is 0 Å². The molecule has 0 spiro atoms. The van der Waals surface area contributed by atoms with Gasteiger partial charge in [-0.1, -0.05) is 12.1 Å². The SMILES string of the molecule is COc1cc(/C=C/[N+](=O)[O-])ccc1CO. The molecule has 0 unspecified atom stereocenters. The third-order valence-electron chi connectivity index (χ3n) is 1.87. The highest BCUT2D eigenvalue weighted by molar-refractivity contribution is 5.52. The van der Waals surface area contributed by atoms with Crippen molar-refractivity contribution in [3.63, 3.8) is 0 Å². The summed E-state index contributed by atoms with van der Waals surface area (Å²) in [4.78, 5) is 9.56. The van der Waals surface area contributed by atoms with Gasteiger partial charge in [0, 0.05) is 11.6 Å². The lowest BCUT2D eigenvalue weighted by atomic mass is 10.1. The van der Waals surface area contributed by atoms with Gasteiger partial charge in [-0.15, -0.1) is 0 Å². The van der Waals surface area contributed by atoms with Crippen molar-refractivity contribution in [2.24, 2.45) is 0 Å². The molecule has 0 fully saturated rings. The molecule has 0 radical (unpaired) electrons. The molecule has 0 saturated carbocycles. The quantitative estimate of drug-likeness (QED) is 0.601. The van der Waals surface area contributed by atoms with E-state index in [1.54, 1.807) is 18.2 Å². The molecule has 0 aliphatic heterocycles. The van der Waals surface area contributed by atoms with Gasteiger partial charge in [0.1, 0.15) is 5.75 Å². The predicted octanol–water partition coefficient (Wildman–Crippen LogP) is 1.43. The van der Waals surface area contributed by atoms with Gasteiger partial charge in [0.05, 0.1) is 18.6 Å². The maximum Gasteiger partial charge on any atom is 0.235 e. The maximum absolute atomic E-state index is 10.1. The fourth-order valence-electron chi connectivity index (χ4n) is 1.14. The molecule has 5 nitrogen and oxygen atoms in total. The molecule has 1 aromatic rings. The van der Waals surface area contributed by atoms with Gasteiger partial charge in [0.25, 0.3) is 0 Å². The van der Waals surface area contributed by atoms with Crippen molar-refractivity contribution in [2.45, 2.75) is 6.61 Å². The zero-order valence-electron chi connectivity index (χ0n) is 8.21. The lowest BCUT2D eigenvalue weighted by Gasteiger charge is -2.06. The summed E-state index contributed by atoms with van der Waals surface area (Å²) >= 11 is 0. The smallest absolute Gasteiger partial charge is 0.235 e. The summed E-state index contributed by atoms with van der Waals surface area (Å²) in [6.07, 6.45) is 2.22. The van der Waals surface area contributed by atoms with E-state index in [1.165, 1.54) is 13.2 Å². The summed E-state index contributed by atoms with van der Waals surface area (Å²) in [6.45, 7) is -0.123. The Morgan fingerprint density at radius 1 is 1.60 bits per heavy atom. The van der Waals surface area contributed by atoms with Gasteiger partial charge in [0.15, 0.2) is 0 Å². The van der Waals surface area contributed by atoms with Crippen LogP contribution in [0, 0.1) is 10.1 Å². The molecule has 0 aliphatic rings. The van der Waals surface area contributed by atoms with Crippen LogP contribution in [0.5, 0.6) is 5.75 Å². The summed E-state index contributed by atoms with van der Waals surface area (Å²) in [5.74, 6) is 0.517. The minimum absolute atomic E-state index is 0.123. The third kappa shape index (κ3) is 3.07. The molecule has 0 saturated heterocycles. The first kappa shape index (κ1) is 11.2. The number of aliphatic hydroxyl groups is 1. The predicted molar refractivity (Wildman–Crippen MR) is 54.9 cm³/mol. The van der Waals surface area contributed by atoms with Gasteiger partial charge in [-0.3, -0.25) is 10.1 Å². The van der Waals surface area contributed by atoms with Gasteiger partial charge in [-0.05, 0) is 11.6 Å². The molecular formula is C10H11NO4. The van der Waals surface area contributed by atoms with Crippen LogP contribution in [0.2, 0.25) is 0 Å². The molecule has 0 heterocycles. The van der Waals surface area contributed by atoms with E-state index >= 15 is 0 Å². The minimum Gasteiger partial charge on any atom is -0.496 e. The summed E-state index contributed by atoms with van der Waals surface area (Å²) in [5, 5.41) is 19.1. The fraction of sp³-hybridized carbons (Fsp3) is 0.200. The average Bonchev–Trinajstić information content (AvgIpc) is 2.25. The Balaban J connectivity index is 2.97. The van der Waals surface area contributed by atoms with E-state index in [0.29, 0.717) is 16.9 Å². The number of nitro groups is 1. The van der Waals surface area contributed by atoms with Crippen LogP contribution in [0.25, 0.3) is 6.08 Å². The molecule has 0 amide bonds. The number of rotatable bonds is 4. The summed E-state index contributed by atoms with van der Waals surface area (Å²) in [5.41, 5.74) is 1.30. The fourth-order valence-corrected chi connectivity index (χ4v) is 1.14. The first-order valence-corrected chi connectivity index (χ1v) is 4.27. The van der Waals surface area contributed by atoms with E-state index < -0.39 is 4.92 Å². The van der Waals surface area contributed by atoms with Crippen molar-refractivity contribution in [3.8, 4) is 5.75 Å². The van der Waals surface area contributed by atoms with Crippen LogP contribution in [-0.4, -0.2) is 17.1 Å². The Hall–Kier alpha value is -1.88. The molecule has 0 atom stereocenters. The highest BCUT2D eigenvalue weighted by Crippen LogP contribution is 2.20. The Morgan fingerprint density at radius 2 is 2.33 bits per heavy atom. The molecule has 15 heavy (non-hydrogen) atoms. The van der Waals surface area contributed by atoms with Crippen molar-refractivity contribution in [2.75, 3.05) is 7.11 Å². The first-order chi connectivity index (χ1) is 7.17. The van der Waals surface area contributed by atoms with Crippen LogP contribution in [0.15, 0.2) is 24.4 Å². The molecular weight excluding hydrogens is 198 g/mol. The number of nitrogens with zero attached hydrogens (tertiary/aromatic N) is 1. The minimum atomic E-state index is -0.535. The highest BCUT2D eigenvalue weighted by Gasteiger charge is 2.02. The largest absolute Gasteiger partial charge is 0.496 e. The van der Waals surface area contributed by atoms with Crippen LogP contribution in [-0.2, 0) is 6.61 Å². The molecule has 0 bridgehead atoms. The standard InChI is InChI=1S/C10H11NO4/c1-15-10-6-8(4-5-11(13)14)2-3-9(10)7-12/h2-6,12H,7H2,1H3/b5-4+. The zero-order valence-corrected chi connectivity index (χ0v) is 8.21. The van der Waals surface area contributed by atoms with E-state index in [4.69, 9.17) is 9.84 Å². The second kappa shape index (κ2) is 5.11. The van der Waals surface area contributed by atoms with E-state index in [0.717, 1.165) is 6.20 Å². The number of ether oxygens (including phenoxy) is 1. The summed E-state index contributed by atoms with van der Waals surface area (Å²) in [6, 6.07) is 4.97. The Labute approximate surface area is 86.8 Å². The Morgan fingerprint density at radius 3 is 2.87 bits per heavy atom. The van der Waals surface area contributed by atoms with E-state index in [2.05, 4.69) is 0 Å². The van der Waals surface area contributed by atoms with Crippen molar-refractivity contribution >= 4 is 6.08 Å². The zero-order chi connectivity index (χ0) is 11.3. The summed E-state index contributed by atoms with van der Waals surface area (Å²) < 4.78 is 5.02. The van der Waals surface area contributed by atoms with Gasteiger partial charge in [-0.25, -0.2) is 0 Å². The van der Waals surface area contributed by atoms with E-state index in [9.17, 15) is 10.1 Å². The second-order valence-electron chi connectivity index (χ2n) is 2.83. The molecule has 1 aromatic carbocycles. The number of aliphatic hydroxyl groups excluding tert-OH is 1. The van der Waals surface area contributed by atoms with E-state index in [-0.39, 0.29) is 6.61 Å². The second-order valence-corrected chi connectivity index (χ2v) is 2.83. The average molecular weight is 209 g/mol. The van der Waals surface area contributed by atoms with Crippen molar-refractivity contribution in [1.82, 2.24) is 0 Å². The molecule has 80 valence electrons. The normalized spacial score (nSPS) is 10.5. The van der Waals surface area contributed by atoms with Crippen LogP contribution >= 0.6 is 0 Å². The Kier molecular flexibility index (Phi) is 3.82. The van der Waals surface area contributed by atoms with Gasteiger partial charge < -0.3 is 9.84 Å². The Bertz CT molecular complexity index is 387. The molecule has 1 rings (SSSR count). The topological polar surface area (TPSA) is 72.6 Å². The van der Waals surface area contributed by atoms with E-state index in [1.807, 2.05) is 0 Å². The van der Waals surface area contributed by atoms with Crippen LogP contribution in [0.1, 0.15) is 11.1 Å². The number of hydrogen-bond acceptors (Lipinski definition) is 4. The molecule has 0 aliphatic carbocycles. The van der Waals surface area contributed by atoms with Crippen molar-refractivity contribution < 1.29 is 14.8 Å². The number of benzene rings is 1. The van der Waals surface area contributed by atoms with Crippen molar-refractivity contribution in [3.05, 3.63) is 45.6 Å². The van der Waals surface area contributed by atoms with Gasteiger partial charge in [0.2, 0.25) is 6.20 Å². The lowest BCUT2D eigenvalue weighted by molar-refractivity contribution is -0.400. The van der Waals surface area contributed by atoms with Gasteiger partial charge in [-0.2, -0.15) is 0 Å². The lowest BCUT2D eigenvalue weighted by Crippen LogP contribution is -1.92. The van der Waals surface area contributed by atoms with Crippen molar-refractivity contribution in [1.29, 1.82) is 0 Å². The molecule has 0 aromatic heterocycles. The molecule has 1 N–H and O–H groups in total. The van der Waals surface area contributed by atoms with Crippen LogP contribution in [0.4, 0.5) is 0 Å². The first-order valence-electron chi connectivity index (χ1n) is 4.27. The van der Waals surface area contributed by atoms with Crippen LogP contribution in [0.3, 0.4) is 0 Å². The maximum atomic E-state index is 10.1. The number of methoxy groups -OCH3 is 1. The molecule has 5 heteroatoms. The number of hydrogen-bond donors (Lipinski definition) is 1. The monoisotopic (exact) mass is 209 g/mol. The summed E-state index contributed by atoms with van der Waals surface area (Å²) in [7, 11) is 1.48. The highest BCUT2D eigenvalue weighted by atomic mass is 16.6. The van der Waals surface area contributed by atoms with Crippen LogP contribution < -0.4 is 4.74 Å². The third-order valence-corrected chi connectivity index (χ3v) is 1.87.